The first kappa shape index (κ1) is 18.9. The van der Waals surface area contributed by atoms with E-state index in [1.165, 1.54) is 11.1 Å². The number of carbonyl (C=O) groups is 1. The molecule has 1 aromatic rings. The summed E-state index contributed by atoms with van der Waals surface area (Å²) in [5.41, 5.74) is 7.09. The van der Waals surface area contributed by atoms with Crippen molar-refractivity contribution in [1.29, 1.82) is 0 Å². The van der Waals surface area contributed by atoms with Crippen LogP contribution in [0.2, 0.25) is 0 Å². The van der Waals surface area contributed by atoms with E-state index < -0.39 is 5.97 Å². The average Bonchev–Trinajstić information content (AvgIpc) is 2.33. The molecule has 0 amide bonds. The number of hydrogen-bond donors (Lipinski definition) is 1. The quantitative estimate of drug-likeness (QED) is 0.650. The van der Waals surface area contributed by atoms with E-state index >= 15 is 0 Å². The molecule has 0 spiro atoms. The van der Waals surface area contributed by atoms with Gasteiger partial charge in [-0.05, 0) is 0 Å². The van der Waals surface area contributed by atoms with Gasteiger partial charge in [-0.1, -0.05) is 26.7 Å². The first-order valence-electron chi connectivity index (χ1n) is 4.99. The number of carboxylic acids is 1. The molecular formula is C12H17ClNO2Ru. The summed E-state index contributed by atoms with van der Waals surface area (Å²) >= 11 is 1.82. The zero-order valence-corrected chi connectivity index (χ0v) is 12.6. The van der Waals surface area contributed by atoms with E-state index in [9.17, 15) is 0 Å². The zero-order chi connectivity index (χ0) is 13.8. The molecule has 0 unspecified atom stereocenters. The van der Waals surface area contributed by atoms with Gasteiger partial charge in [-0.2, -0.15) is 35.4 Å². The van der Waals surface area contributed by atoms with Crippen molar-refractivity contribution in [3.8, 4) is 0 Å². The van der Waals surface area contributed by atoms with Crippen LogP contribution >= 0.6 is 9.69 Å². The van der Waals surface area contributed by atoms with Gasteiger partial charge in [0, 0.05) is 6.54 Å². The molecule has 1 rings (SSSR count). The van der Waals surface area contributed by atoms with Gasteiger partial charge in [0.15, 0.2) is 0 Å². The molecule has 97 valence electrons. The number of rotatable bonds is 2. The standard InChI is InChI=1S/C10H13.C2H5NO2.ClH.Ru/c1-8(2)10-6-4-9(3)5-7-10;3-1-2(4)5;;/h4,6-8H,1-3H3;1,3H2,(H,4,5);1H;/q-1;;;+3/p-2. The summed E-state index contributed by atoms with van der Waals surface area (Å²) < 4.78 is 0. The molecule has 0 aromatic heterocycles. The molecule has 0 aliphatic heterocycles. The Hall–Kier alpha value is -0.437. The molecule has 1 aromatic carbocycles. The van der Waals surface area contributed by atoms with Crippen molar-refractivity contribution in [1.82, 2.24) is 0 Å². The second-order valence-electron chi connectivity index (χ2n) is 3.54. The Morgan fingerprint density at radius 3 is 2.24 bits per heavy atom. The topological polar surface area (TPSA) is 66.2 Å². The van der Waals surface area contributed by atoms with Crippen LogP contribution in [-0.4, -0.2) is 12.5 Å². The molecule has 5 heteroatoms. The van der Waals surface area contributed by atoms with Crippen LogP contribution in [0.15, 0.2) is 18.2 Å². The summed E-state index contributed by atoms with van der Waals surface area (Å²) in [6, 6.07) is 9.52. The van der Waals surface area contributed by atoms with Gasteiger partial charge in [0.2, 0.25) is 0 Å². The van der Waals surface area contributed by atoms with E-state index in [4.69, 9.17) is 9.90 Å². The molecule has 0 saturated heterocycles. The van der Waals surface area contributed by atoms with Gasteiger partial charge in [0.25, 0.3) is 0 Å². The number of carboxylic acid groups (broad SMARTS) is 1. The van der Waals surface area contributed by atoms with Crippen molar-refractivity contribution < 1.29 is 27.2 Å². The zero-order valence-electron chi connectivity index (χ0n) is 10.1. The van der Waals surface area contributed by atoms with Crippen molar-refractivity contribution in [2.45, 2.75) is 26.7 Å². The first-order chi connectivity index (χ1) is 7.97. The van der Waals surface area contributed by atoms with Gasteiger partial charge >= 0.3 is 27.0 Å². The van der Waals surface area contributed by atoms with E-state index in [1.807, 2.05) is 17.3 Å². The summed E-state index contributed by atoms with van der Waals surface area (Å²) in [5.74, 6) is -0.596. The van der Waals surface area contributed by atoms with Crippen molar-refractivity contribution in [3.05, 3.63) is 35.4 Å². The van der Waals surface area contributed by atoms with Crippen LogP contribution in [0.1, 0.15) is 30.9 Å². The van der Waals surface area contributed by atoms with Gasteiger partial charge in [-0.3, -0.25) is 0 Å². The monoisotopic (exact) mass is 344 g/mol. The Labute approximate surface area is 117 Å². The Kier molecular flexibility index (Phi) is 13.4. The van der Waals surface area contributed by atoms with Crippen LogP contribution in [0.5, 0.6) is 0 Å². The first-order valence-corrected chi connectivity index (χ1v) is 7.22. The van der Waals surface area contributed by atoms with Gasteiger partial charge in [-0.15, -0.1) is 0 Å². The van der Waals surface area contributed by atoms with Crippen LogP contribution in [0, 0.1) is 13.0 Å². The third-order valence-corrected chi connectivity index (χ3v) is 1.83. The van der Waals surface area contributed by atoms with Gasteiger partial charge < -0.3 is 15.6 Å². The van der Waals surface area contributed by atoms with Crippen LogP contribution in [-0.2, 0) is 22.1 Å². The fourth-order valence-corrected chi connectivity index (χ4v) is 0.874. The molecule has 0 bridgehead atoms. The number of carbonyl (C=O) groups excluding carboxylic acids is 1. The van der Waals surface area contributed by atoms with Gasteiger partial charge in [0.1, 0.15) is 0 Å². The molecule has 3 nitrogen and oxygen atoms in total. The van der Waals surface area contributed by atoms with Crippen LogP contribution in [0.4, 0.5) is 0 Å². The van der Waals surface area contributed by atoms with E-state index in [0.29, 0.717) is 5.92 Å². The molecule has 0 saturated carbocycles. The molecule has 0 radical (unpaired) electrons. The SMILES string of the molecule is Cc1[c-]cc(C(C)C)cc1.NCC(=O)[O-].[Cl][Ru+2]. The normalized spacial score (nSPS) is 8.59. The summed E-state index contributed by atoms with van der Waals surface area (Å²) in [7, 11) is 4.57. The molecule has 0 atom stereocenters. The van der Waals surface area contributed by atoms with Gasteiger partial charge in [-0.25, -0.2) is 0 Å². The van der Waals surface area contributed by atoms with E-state index in [1.54, 1.807) is 0 Å². The molecule has 0 aliphatic carbocycles. The third kappa shape index (κ3) is 11.8. The second kappa shape index (κ2) is 12.0. The van der Waals surface area contributed by atoms with Crippen molar-refractivity contribution in [2.75, 3.05) is 6.54 Å². The number of nitrogens with two attached hydrogens (primary N) is 1. The average molecular weight is 344 g/mol. The summed E-state index contributed by atoms with van der Waals surface area (Å²) in [4.78, 5) is 9.13. The molecule has 17 heavy (non-hydrogen) atoms. The van der Waals surface area contributed by atoms with E-state index in [-0.39, 0.29) is 6.54 Å². The number of hydrogen-bond acceptors (Lipinski definition) is 3. The fraction of sp³-hybridized carbons (Fsp3) is 0.417. The number of aryl methyl sites for hydroxylation is 1. The summed E-state index contributed by atoms with van der Waals surface area (Å²) in [5, 5.41) is 9.13. The molecule has 0 aliphatic rings. The summed E-state index contributed by atoms with van der Waals surface area (Å²) in [6.07, 6.45) is 0. The Balaban J connectivity index is 0. The Morgan fingerprint density at radius 1 is 1.53 bits per heavy atom. The predicted molar refractivity (Wildman–Crippen MR) is 64.0 cm³/mol. The fourth-order valence-electron chi connectivity index (χ4n) is 0.874. The van der Waals surface area contributed by atoms with E-state index in [0.717, 1.165) is 0 Å². The maximum atomic E-state index is 9.13. The van der Waals surface area contributed by atoms with E-state index in [2.05, 4.69) is 60.5 Å². The minimum absolute atomic E-state index is 0.389. The predicted octanol–water partition coefficient (Wildman–Crippen LogP) is 1.30. The molecule has 0 heterocycles. The Morgan fingerprint density at radius 2 is 2.00 bits per heavy atom. The summed E-state index contributed by atoms with van der Waals surface area (Å²) in [6.45, 7) is 6.06. The minimum atomic E-state index is -1.22. The van der Waals surface area contributed by atoms with Crippen molar-refractivity contribution >= 4 is 15.7 Å². The van der Waals surface area contributed by atoms with Crippen LogP contribution < -0.4 is 10.8 Å². The van der Waals surface area contributed by atoms with Crippen LogP contribution in [0.25, 0.3) is 0 Å². The Bertz CT molecular complexity index is 302. The maximum absolute atomic E-state index is 9.13. The second-order valence-corrected chi connectivity index (χ2v) is 3.54. The van der Waals surface area contributed by atoms with Crippen LogP contribution in [0.3, 0.4) is 0 Å². The molecular weight excluding hydrogens is 327 g/mol. The van der Waals surface area contributed by atoms with Crippen molar-refractivity contribution in [2.24, 2.45) is 5.73 Å². The molecule has 2 N–H and O–H groups in total. The third-order valence-electron chi connectivity index (χ3n) is 1.83. The number of benzene rings is 1. The number of halogens is 1. The van der Waals surface area contributed by atoms with Gasteiger partial charge in [0.05, 0.1) is 5.97 Å². The van der Waals surface area contributed by atoms with Crippen molar-refractivity contribution in [3.63, 3.8) is 0 Å². The molecule has 0 fully saturated rings. The number of aliphatic carboxylic acids is 1.